The van der Waals surface area contributed by atoms with E-state index >= 15 is 0 Å². The number of nitrogens with one attached hydrogen (secondary N) is 1. The number of likely N-dealkylation sites (N-methyl/N-ethyl adjacent to an activating group) is 1. The van der Waals surface area contributed by atoms with E-state index in [9.17, 15) is 18.0 Å². The fourth-order valence-corrected chi connectivity index (χ4v) is 6.49. The van der Waals surface area contributed by atoms with Gasteiger partial charge in [-0.3, -0.25) is 13.9 Å². The Morgan fingerprint density at radius 2 is 1.31 bits per heavy atom. The predicted molar refractivity (Wildman–Crippen MR) is 167 cm³/mol. The van der Waals surface area contributed by atoms with Crippen molar-refractivity contribution in [1.82, 2.24) is 10.2 Å². The number of carbonyl (C=O) groups is 2. The molecule has 2 amide bonds. The minimum absolute atomic E-state index is 0.00642. The highest BCUT2D eigenvalue weighted by molar-refractivity contribution is 7.92. The van der Waals surface area contributed by atoms with Gasteiger partial charge in [-0.05, 0) is 48.4 Å². The van der Waals surface area contributed by atoms with Crippen LogP contribution in [0.15, 0.2) is 114 Å². The highest BCUT2D eigenvalue weighted by atomic mass is 35.5. The van der Waals surface area contributed by atoms with Crippen LogP contribution in [-0.4, -0.2) is 44.3 Å². The van der Waals surface area contributed by atoms with E-state index in [2.05, 4.69) is 5.32 Å². The lowest BCUT2D eigenvalue weighted by Crippen LogP contribution is -2.53. The van der Waals surface area contributed by atoms with Crippen molar-refractivity contribution >= 4 is 50.7 Å². The summed E-state index contributed by atoms with van der Waals surface area (Å²) in [6.45, 7) is 1.67. The minimum atomic E-state index is -4.24. The maximum absolute atomic E-state index is 14.3. The molecule has 0 radical (unpaired) electrons. The second kappa shape index (κ2) is 14.4. The molecule has 7 nitrogen and oxygen atoms in total. The van der Waals surface area contributed by atoms with Gasteiger partial charge in [0.1, 0.15) is 12.6 Å². The molecule has 42 heavy (non-hydrogen) atoms. The zero-order chi connectivity index (χ0) is 30.1. The van der Waals surface area contributed by atoms with Gasteiger partial charge in [0, 0.05) is 29.6 Å². The Balaban J connectivity index is 1.80. The molecule has 0 fully saturated rings. The summed E-state index contributed by atoms with van der Waals surface area (Å²) in [5.74, 6) is -0.907. The van der Waals surface area contributed by atoms with E-state index in [1.165, 1.54) is 35.2 Å². The van der Waals surface area contributed by atoms with Gasteiger partial charge in [-0.2, -0.15) is 0 Å². The molecule has 1 N–H and O–H groups in total. The highest BCUT2D eigenvalue weighted by Gasteiger charge is 2.34. The largest absolute Gasteiger partial charge is 0.355 e. The third kappa shape index (κ3) is 7.91. The molecule has 0 aromatic heterocycles. The first kappa shape index (κ1) is 31.1. The molecule has 0 saturated carbocycles. The average molecular weight is 625 g/mol. The molecule has 0 spiro atoms. The summed E-state index contributed by atoms with van der Waals surface area (Å²) < 4.78 is 28.9. The molecule has 218 valence electrons. The van der Waals surface area contributed by atoms with Crippen molar-refractivity contribution in [3.8, 4) is 0 Å². The van der Waals surface area contributed by atoms with Crippen molar-refractivity contribution in [1.29, 1.82) is 0 Å². The van der Waals surface area contributed by atoms with E-state index in [0.717, 1.165) is 15.4 Å². The molecule has 4 aromatic carbocycles. The second-order valence-corrected chi connectivity index (χ2v) is 12.3. The molecule has 10 heteroatoms. The van der Waals surface area contributed by atoms with Gasteiger partial charge in [-0.1, -0.05) is 102 Å². The number of hydrogen-bond acceptors (Lipinski definition) is 4. The van der Waals surface area contributed by atoms with Crippen LogP contribution in [0, 0.1) is 0 Å². The zero-order valence-corrected chi connectivity index (χ0v) is 25.3. The Morgan fingerprint density at radius 1 is 0.786 bits per heavy atom. The first-order chi connectivity index (χ1) is 20.2. The summed E-state index contributed by atoms with van der Waals surface area (Å²) in [5, 5.41) is 3.27. The third-order valence-electron chi connectivity index (χ3n) is 6.56. The zero-order valence-electron chi connectivity index (χ0n) is 23.0. The summed E-state index contributed by atoms with van der Waals surface area (Å²) in [6, 6.07) is 29.9. The van der Waals surface area contributed by atoms with E-state index in [1.807, 2.05) is 60.7 Å². The van der Waals surface area contributed by atoms with Crippen molar-refractivity contribution in [3.05, 3.63) is 130 Å². The van der Waals surface area contributed by atoms with Crippen LogP contribution in [0.1, 0.15) is 18.1 Å². The van der Waals surface area contributed by atoms with Gasteiger partial charge < -0.3 is 10.2 Å². The molecule has 0 bridgehead atoms. The number of nitrogens with zero attached hydrogens (tertiary/aromatic N) is 2. The van der Waals surface area contributed by atoms with E-state index in [1.54, 1.807) is 25.1 Å². The van der Waals surface area contributed by atoms with Gasteiger partial charge >= 0.3 is 0 Å². The number of sulfonamides is 1. The minimum Gasteiger partial charge on any atom is -0.355 e. The number of rotatable bonds is 12. The van der Waals surface area contributed by atoms with Crippen molar-refractivity contribution in [2.45, 2.75) is 30.8 Å². The van der Waals surface area contributed by atoms with Crippen molar-refractivity contribution in [2.75, 3.05) is 17.4 Å². The lowest BCUT2D eigenvalue weighted by Gasteiger charge is -2.34. The van der Waals surface area contributed by atoms with Crippen LogP contribution in [0.3, 0.4) is 0 Å². The Kier molecular flexibility index (Phi) is 10.6. The smallest absolute Gasteiger partial charge is 0.264 e. The summed E-state index contributed by atoms with van der Waals surface area (Å²) in [7, 11) is -4.24. The maximum atomic E-state index is 14.3. The van der Waals surface area contributed by atoms with Crippen molar-refractivity contribution < 1.29 is 18.0 Å². The summed E-state index contributed by atoms with van der Waals surface area (Å²) >= 11 is 12.5. The number of benzene rings is 4. The average Bonchev–Trinajstić information content (AvgIpc) is 2.98. The normalized spacial score (nSPS) is 11.9. The van der Waals surface area contributed by atoms with Gasteiger partial charge in [0.15, 0.2) is 0 Å². The van der Waals surface area contributed by atoms with Crippen LogP contribution >= 0.6 is 23.2 Å². The number of amides is 2. The van der Waals surface area contributed by atoms with Gasteiger partial charge in [-0.25, -0.2) is 8.42 Å². The molecular weight excluding hydrogens is 593 g/mol. The lowest BCUT2D eigenvalue weighted by molar-refractivity contribution is -0.140. The molecule has 0 heterocycles. The Labute approximate surface area is 256 Å². The monoisotopic (exact) mass is 623 g/mol. The molecule has 0 aliphatic heterocycles. The molecule has 0 unspecified atom stereocenters. The molecule has 0 aliphatic rings. The number of carbonyl (C=O) groups excluding carboxylic acids is 2. The Bertz CT molecular complexity index is 1580. The lowest BCUT2D eigenvalue weighted by atomic mass is 10.0. The van der Waals surface area contributed by atoms with Crippen LogP contribution in [0.4, 0.5) is 5.69 Å². The van der Waals surface area contributed by atoms with Crippen molar-refractivity contribution in [3.63, 3.8) is 0 Å². The second-order valence-electron chi connectivity index (χ2n) is 9.56. The standard InChI is InChI=1S/C32H31Cl2N3O4S/c1-2-35-32(39)30(18-24-12-6-3-7-13-24)36(22-25-14-8-4-9-15-25)31(38)23-37(28-20-26(33)19-27(34)21-28)42(40,41)29-16-10-5-11-17-29/h3-17,19-21,30H,2,18,22-23H2,1H3,(H,35,39)/t30-/m1/s1. The van der Waals surface area contributed by atoms with Gasteiger partial charge in [0.25, 0.3) is 10.0 Å². The fraction of sp³-hybridized carbons (Fsp3) is 0.188. The van der Waals surface area contributed by atoms with Crippen LogP contribution in [0.5, 0.6) is 0 Å². The Morgan fingerprint density at radius 3 is 1.86 bits per heavy atom. The van der Waals surface area contributed by atoms with Crippen LogP contribution in [-0.2, 0) is 32.6 Å². The third-order valence-corrected chi connectivity index (χ3v) is 8.79. The topological polar surface area (TPSA) is 86.8 Å². The predicted octanol–water partition coefficient (Wildman–Crippen LogP) is 5.96. The number of halogens is 2. The van der Waals surface area contributed by atoms with Crippen molar-refractivity contribution in [2.24, 2.45) is 0 Å². The first-order valence-electron chi connectivity index (χ1n) is 13.4. The quantitative estimate of drug-likeness (QED) is 0.211. The van der Waals surface area contributed by atoms with E-state index < -0.39 is 28.5 Å². The number of hydrogen-bond donors (Lipinski definition) is 1. The molecule has 1 atom stereocenters. The summed E-state index contributed by atoms with van der Waals surface area (Å²) in [6.07, 6.45) is 0.236. The van der Waals surface area contributed by atoms with Gasteiger partial charge in [0.2, 0.25) is 11.8 Å². The molecular formula is C32H31Cl2N3O4S. The van der Waals surface area contributed by atoms with E-state index in [0.29, 0.717) is 6.54 Å². The Hall–Kier alpha value is -3.85. The fourth-order valence-electron chi connectivity index (χ4n) is 4.56. The summed E-state index contributed by atoms with van der Waals surface area (Å²) in [5.41, 5.74) is 1.77. The van der Waals surface area contributed by atoms with Crippen LogP contribution < -0.4 is 9.62 Å². The van der Waals surface area contributed by atoms with Crippen LogP contribution in [0.2, 0.25) is 10.0 Å². The van der Waals surface area contributed by atoms with E-state index in [4.69, 9.17) is 23.2 Å². The van der Waals surface area contributed by atoms with E-state index in [-0.39, 0.29) is 39.5 Å². The van der Waals surface area contributed by atoms with Crippen LogP contribution in [0.25, 0.3) is 0 Å². The SMILES string of the molecule is CCNC(=O)[C@@H](Cc1ccccc1)N(Cc1ccccc1)C(=O)CN(c1cc(Cl)cc(Cl)c1)S(=O)(=O)c1ccccc1. The molecule has 4 aromatic rings. The summed E-state index contributed by atoms with van der Waals surface area (Å²) in [4.78, 5) is 29.2. The number of anilines is 1. The highest BCUT2D eigenvalue weighted by Crippen LogP contribution is 2.30. The molecule has 0 aliphatic carbocycles. The molecule has 4 rings (SSSR count). The first-order valence-corrected chi connectivity index (χ1v) is 15.6. The van der Waals surface area contributed by atoms with Gasteiger partial charge in [-0.15, -0.1) is 0 Å². The van der Waals surface area contributed by atoms with Gasteiger partial charge in [0.05, 0.1) is 10.6 Å². The molecule has 0 saturated heterocycles. The maximum Gasteiger partial charge on any atom is 0.264 e.